The molecule has 8 bridgehead atoms. The summed E-state index contributed by atoms with van der Waals surface area (Å²) < 4.78 is 124. The van der Waals surface area contributed by atoms with E-state index in [1.807, 2.05) is 73.6 Å². The van der Waals surface area contributed by atoms with E-state index in [0.29, 0.717) is 51.4 Å². The first-order valence-corrected chi connectivity index (χ1v) is 31.1. The number of fused-ring (bicyclic) bond motifs is 9. The standard InChI is InChI=1S/4C10H16O4S.C10H8S.Ti/c4*1-9(2)7-3-4-10(9,8(11)5-7)6-15(12,13)14;11-10-6-5-8-3-1-2-4-9(8)7-10;/h4*7H,3-6H2,1-2H3,(H,12,13,14);1-7,11H;/t4*7-,10-;;/m1111../s1. The zero-order valence-electron chi connectivity index (χ0n) is 42.4. The molecule has 8 fully saturated rings. The fourth-order valence-corrected chi connectivity index (χ4v) is 20.3. The number of carbonyl (C=O) groups excluding carboxylic acids is 4. The molecule has 2 aromatic carbocycles. The predicted octanol–water partition coefficient (Wildman–Crippen LogP) is 8.20. The minimum absolute atomic E-state index is 0. The maximum atomic E-state index is 11.9. The number of hydrogen-bond acceptors (Lipinski definition) is 13. The summed E-state index contributed by atoms with van der Waals surface area (Å²) in [6, 6.07) is 14.4. The molecule has 8 saturated carbocycles. The van der Waals surface area contributed by atoms with Crippen LogP contribution in [0.1, 0.15) is 132 Å². The molecule has 0 unspecified atom stereocenters. The van der Waals surface area contributed by atoms with Crippen molar-refractivity contribution in [3.8, 4) is 0 Å². The van der Waals surface area contributed by atoms with Gasteiger partial charge in [-0.15, -0.1) is 12.6 Å². The van der Waals surface area contributed by atoms with Crippen LogP contribution < -0.4 is 0 Å². The molecule has 0 spiro atoms. The molecule has 22 heteroatoms. The first kappa shape index (κ1) is 60.9. The molecule has 0 aromatic heterocycles. The maximum absolute atomic E-state index is 11.9. The zero-order chi connectivity index (χ0) is 53.6. The Morgan fingerprint density at radius 1 is 0.431 bits per heavy atom. The van der Waals surface area contributed by atoms with Gasteiger partial charge in [0, 0.05) is 52.3 Å². The molecular formula is C50H72O16S5Ti. The van der Waals surface area contributed by atoms with Gasteiger partial charge in [0.15, 0.2) is 0 Å². The summed E-state index contributed by atoms with van der Waals surface area (Å²) in [5.74, 6) is -0.405. The monoisotopic (exact) mass is 1140 g/mol. The van der Waals surface area contributed by atoms with Crippen LogP contribution in [0.5, 0.6) is 0 Å². The summed E-state index contributed by atoms with van der Waals surface area (Å²) in [4.78, 5) is 48.5. The topological polar surface area (TPSA) is 286 Å². The van der Waals surface area contributed by atoms with E-state index in [-0.39, 0.29) is 90.2 Å². The molecule has 0 aliphatic heterocycles. The normalized spacial score (nSPS) is 33.7. The van der Waals surface area contributed by atoms with Crippen LogP contribution >= 0.6 is 12.6 Å². The summed E-state index contributed by atoms with van der Waals surface area (Å²) in [7, 11) is -16.3. The van der Waals surface area contributed by atoms with Crippen molar-refractivity contribution in [3.05, 3.63) is 42.5 Å². The van der Waals surface area contributed by atoms with Gasteiger partial charge in [-0.05, 0) is 120 Å². The molecule has 2 aromatic rings. The second-order valence-corrected chi connectivity index (χ2v) is 30.4. The third-order valence-electron chi connectivity index (χ3n) is 20.0. The number of rotatable bonds is 8. The molecule has 4 N–H and O–H groups in total. The molecule has 8 aliphatic carbocycles. The van der Waals surface area contributed by atoms with Crippen molar-refractivity contribution in [2.24, 2.45) is 67.0 Å². The van der Waals surface area contributed by atoms with Gasteiger partial charge in [0.25, 0.3) is 40.5 Å². The number of carbonyl (C=O) groups is 4. The molecule has 0 saturated heterocycles. The first-order valence-electron chi connectivity index (χ1n) is 24.2. The fraction of sp³-hybridized carbons (Fsp3) is 0.720. The second kappa shape index (κ2) is 20.1. The van der Waals surface area contributed by atoms with Crippen LogP contribution in [0.15, 0.2) is 47.4 Å². The average Bonchev–Trinajstić information content (AvgIpc) is 3.95. The second-order valence-electron chi connectivity index (χ2n) is 24.1. The van der Waals surface area contributed by atoms with Gasteiger partial charge in [-0.3, -0.25) is 37.4 Å². The smallest absolute Gasteiger partial charge is 0.265 e. The van der Waals surface area contributed by atoms with Gasteiger partial charge in [-0.1, -0.05) is 85.7 Å². The molecule has 402 valence electrons. The van der Waals surface area contributed by atoms with Gasteiger partial charge < -0.3 is 0 Å². The van der Waals surface area contributed by atoms with Gasteiger partial charge in [-0.25, -0.2) is 0 Å². The van der Waals surface area contributed by atoms with Crippen molar-refractivity contribution in [2.75, 3.05) is 23.0 Å². The van der Waals surface area contributed by atoms with Crippen LogP contribution in [0.4, 0.5) is 0 Å². The number of benzene rings is 2. The molecule has 8 atom stereocenters. The van der Waals surface area contributed by atoms with Crippen molar-refractivity contribution < 1.29 is 92.8 Å². The number of Topliss-reactive ketones (excluding diaryl/α,β-unsaturated/α-hetero) is 4. The Bertz CT molecular complexity index is 2630. The van der Waals surface area contributed by atoms with Gasteiger partial charge in [0.1, 0.15) is 23.1 Å². The van der Waals surface area contributed by atoms with Crippen molar-refractivity contribution in [1.29, 1.82) is 0 Å². The van der Waals surface area contributed by atoms with Crippen molar-refractivity contribution >= 4 is 87.0 Å². The molecule has 0 amide bonds. The minimum atomic E-state index is -4.08. The summed E-state index contributed by atoms with van der Waals surface area (Å²) in [5.41, 5.74) is -4.48. The van der Waals surface area contributed by atoms with Crippen molar-refractivity contribution in [2.45, 2.75) is 137 Å². The quantitative estimate of drug-likeness (QED) is 0.0945. The van der Waals surface area contributed by atoms with Crippen LogP contribution in [0.2, 0.25) is 0 Å². The Hall–Kier alpha value is -1.92. The third-order valence-corrected chi connectivity index (χ3v) is 23.7. The Morgan fingerprint density at radius 3 is 0.861 bits per heavy atom. The van der Waals surface area contributed by atoms with Gasteiger partial charge in [0.2, 0.25) is 0 Å². The van der Waals surface area contributed by atoms with E-state index in [2.05, 4.69) is 36.9 Å². The van der Waals surface area contributed by atoms with Crippen LogP contribution in [-0.4, -0.2) is 98.0 Å². The van der Waals surface area contributed by atoms with Crippen LogP contribution in [0, 0.1) is 67.0 Å². The molecule has 10 rings (SSSR count). The van der Waals surface area contributed by atoms with E-state index in [4.69, 9.17) is 18.2 Å². The first-order chi connectivity index (χ1) is 32.1. The molecular weight excluding hydrogens is 1060 g/mol. The van der Waals surface area contributed by atoms with Gasteiger partial charge >= 0.3 is 0 Å². The number of thiol groups is 1. The molecule has 0 radical (unpaired) electrons. The van der Waals surface area contributed by atoms with E-state index < -0.39 is 85.1 Å². The third kappa shape index (κ3) is 11.1. The fourth-order valence-electron chi connectivity index (χ4n) is 14.9. The largest absolute Gasteiger partial charge is 0.299 e. The van der Waals surface area contributed by atoms with E-state index >= 15 is 0 Å². The Kier molecular flexibility index (Phi) is 17.1. The summed E-state index contributed by atoms with van der Waals surface area (Å²) in [6.07, 6.45) is 7.89. The predicted molar refractivity (Wildman–Crippen MR) is 271 cm³/mol. The molecule has 8 aliphatic rings. The van der Waals surface area contributed by atoms with Crippen molar-refractivity contribution in [1.82, 2.24) is 0 Å². The molecule has 16 nitrogen and oxygen atoms in total. The number of ketones is 4. The van der Waals surface area contributed by atoms with Crippen LogP contribution in [-0.2, 0) is 81.4 Å². The van der Waals surface area contributed by atoms with E-state index in [9.17, 15) is 52.8 Å². The summed E-state index contributed by atoms with van der Waals surface area (Å²) in [5, 5.41) is 2.52. The Morgan fingerprint density at radius 2 is 0.667 bits per heavy atom. The maximum Gasteiger partial charge on any atom is 0.265 e. The average molecular weight is 1140 g/mol. The van der Waals surface area contributed by atoms with E-state index in [1.54, 1.807) is 0 Å². The summed E-state index contributed by atoms with van der Waals surface area (Å²) >= 11 is 4.26. The minimum Gasteiger partial charge on any atom is -0.299 e. The molecule has 72 heavy (non-hydrogen) atoms. The van der Waals surface area contributed by atoms with Crippen LogP contribution in [0.25, 0.3) is 10.8 Å². The summed E-state index contributed by atoms with van der Waals surface area (Å²) in [6.45, 7) is 15.6. The van der Waals surface area contributed by atoms with Crippen molar-refractivity contribution in [3.63, 3.8) is 0 Å². The molecule has 0 heterocycles. The SMILES string of the molecule is CC1(C)[C@@H]2CC[C@@]1(CS(=O)(=O)O)C(=O)C2.CC1(C)[C@@H]2CC[C@@]1(CS(=O)(=O)O)C(=O)C2.CC1(C)[C@@H]2CC[C@@]1(CS(=O)(=O)O)C(=O)C2.CC1(C)[C@@H]2CC[C@@]1(CS(=O)(=O)O)C(=O)C2.Sc1ccc2ccccc2c1.[Ti]. The van der Waals surface area contributed by atoms with Gasteiger partial charge in [0.05, 0.1) is 44.7 Å². The zero-order valence-corrected chi connectivity index (χ0v) is 48.2. The number of hydrogen-bond donors (Lipinski definition) is 5. The Balaban J connectivity index is 0.000000167. The van der Waals surface area contributed by atoms with E-state index in [0.717, 1.165) is 30.6 Å². The van der Waals surface area contributed by atoms with E-state index in [1.165, 1.54) is 10.8 Å². The van der Waals surface area contributed by atoms with Crippen LogP contribution in [0.3, 0.4) is 0 Å². The van der Waals surface area contributed by atoms with Gasteiger partial charge in [-0.2, -0.15) is 33.7 Å². The Labute approximate surface area is 446 Å².